The van der Waals surface area contributed by atoms with Crippen LogP contribution in [0.4, 0.5) is 5.69 Å². The highest BCUT2D eigenvalue weighted by atomic mass is 35.5. The smallest absolute Gasteiger partial charge is 0.292 e. The van der Waals surface area contributed by atoms with Crippen molar-refractivity contribution in [2.45, 2.75) is 32.9 Å². The molecule has 1 aromatic rings. The lowest BCUT2D eigenvalue weighted by Gasteiger charge is -2.20. The third-order valence-corrected chi connectivity index (χ3v) is 4.14. The van der Waals surface area contributed by atoms with E-state index in [1.807, 2.05) is 0 Å². The van der Waals surface area contributed by atoms with Crippen molar-refractivity contribution in [2.24, 2.45) is 5.92 Å². The van der Waals surface area contributed by atoms with Crippen LogP contribution in [0.15, 0.2) is 11.0 Å². The molecule has 2 rings (SSSR count). The number of likely N-dealkylation sites (tertiary alicyclic amines) is 1. The van der Waals surface area contributed by atoms with Gasteiger partial charge in [-0.25, -0.2) is 4.68 Å². The Morgan fingerprint density at radius 1 is 1.62 bits per heavy atom. The molecule has 0 bridgehead atoms. The minimum Gasteiger partial charge on any atom is -0.379 e. The van der Waals surface area contributed by atoms with Crippen molar-refractivity contribution in [3.8, 4) is 12.3 Å². The monoisotopic (exact) mass is 308 g/mol. The average Bonchev–Trinajstić information content (AvgIpc) is 2.91. The third kappa shape index (κ3) is 3.78. The molecule has 5 nitrogen and oxygen atoms in total. The van der Waals surface area contributed by atoms with Gasteiger partial charge in [0.15, 0.2) is 0 Å². The van der Waals surface area contributed by atoms with Gasteiger partial charge in [-0.15, -0.1) is 6.42 Å². The van der Waals surface area contributed by atoms with Crippen LogP contribution in [0.1, 0.15) is 20.3 Å². The van der Waals surface area contributed by atoms with Crippen LogP contribution >= 0.6 is 11.6 Å². The maximum absolute atomic E-state index is 12.2. The number of nitrogens with one attached hydrogen (secondary N) is 1. The third-order valence-electron chi connectivity index (χ3n) is 3.85. The van der Waals surface area contributed by atoms with Crippen LogP contribution < -0.4 is 10.9 Å². The molecule has 2 heterocycles. The topological polar surface area (TPSA) is 50.2 Å². The Hall–Kier alpha value is -1.51. The van der Waals surface area contributed by atoms with Gasteiger partial charge in [0.1, 0.15) is 12.2 Å². The standard InChI is InChI=1S/C15H21ClN4O/c1-4-6-20-15(21)14(13(16)9-18-20)17-8-12-5-7-19(10-12)11(2)3/h1,9,11-12,17H,5-8,10H2,2-3H3. The molecule has 1 fully saturated rings. The number of nitrogens with zero attached hydrogens (tertiary/aromatic N) is 3. The molecule has 1 N–H and O–H groups in total. The zero-order valence-electron chi connectivity index (χ0n) is 12.5. The van der Waals surface area contributed by atoms with Gasteiger partial charge < -0.3 is 10.2 Å². The SMILES string of the molecule is C#CCn1ncc(Cl)c(NCC2CCN(C(C)C)C2)c1=O. The summed E-state index contributed by atoms with van der Waals surface area (Å²) in [5, 5.41) is 7.45. The molecule has 1 atom stereocenters. The first-order valence-electron chi connectivity index (χ1n) is 7.20. The molecule has 0 aliphatic carbocycles. The number of hydrogen-bond donors (Lipinski definition) is 1. The van der Waals surface area contributed by atoms with Gasteiger partial charge in [-0.05, 0) is 32.7 Å². The van der Waals surface area contributed by atoms with Gasteiger partial charge in [0.2, 0.25) is 0 Å². The van der Waals surface area contributed by atoms with E-state index in [9.17, 15) is 4.79 Å². The second-order valence-corrected chi connectivity index (χ2v) is 6.07. The number of anilines is 1. The molecule has 1 aliphatic heterocycles. The Morgan fingerprint density at radius 3 is 3.00 bits per heavy atom. The average molecular weight is 309 g/mol. The van der Waals surface area contributed by atoms with Crippen molar-refractivity contribution in [3.63, 3.8) is 0 Å². The van der Waals surface area contributed by atoms with Gasteiger partial charge in [-0.1, -0.05) is 17.5 Å². The van der Waals surface area contributed by atoms with Crippen LogP contribution in [-0.2, 0) is 6.54 Å². The minimum atomic E-state index is -0.265. The quantitative estimate of drug-likeness (QED) is 0.841. The first kappa shape index (κ1) is 15.9. The Labute approximate surface area is 130 Å². The first-order valence-corrected chi connectivity index (χ1v) is 7.57. The van der Waals surface area contributed by atoms with Gasteiger partial charge in [0.25, 0.3) is 5.56 Å². The van der Waals surface area contributed by atoms with E-state index in [0.717, 1.165) is 26.1 Å². The van der Waals surface area contributed by atoms with E-state index in [2.05, 4.69) is 35.1 Å². The van der Waals surface area contributed by atoms with Gasteiger partial charge in [-0.3, -0.25) is 4.79 Å². The fourth-order valence-corrected chi connectivity index (χ4v) is 2.76. The van der Waals surface area contributed by atoms with Crippen LogP contribution in [0.5, 0.6) is 0 Å². The number of hydrogen-bond acceptors (Lipinski definition) is 4. The van der Waals surface area contributed by atoms with Crippen molar-refractivity contribution >= 4 is 17.3 Å². The maximum atomic E-state index is 12.2. The van der Waals surface area contributed by atoms with Gasteiger partial charge in [0, 0.05) is 19.1 Å². The van der Waals surface area contributed by atoms with E-state index in [1.54, 1.807) is 0 Å². The van der Waals surface area contributed by atoms with Crippen LogP contribution in [0, 0.1) is 18.3 Å². The summed E-state index contributed by atoms with van der Waals surface area (Å²) in [7, 11) is 0. The minimum absolute atomic E-state index is 0.148. The van der Waals surface area contributed by atoms with Crippen molar-refractivity contribution in [2.75, 3.05) is 25.0 Å². The zero-order chi connectivity index (χ0) is 15.4. The summed E-state index contributed by atoms with van der Waals surface area (Å²) < 4.78 is 1.24. The molecule has 1 unspecified atom stereocenters. The summed E-state index contributed by atoms with van der Waals surface area (Å²) >= 11 is 6.07. The van der Waals surface area contributed by atoms with Crippen LogP contribution in [-0.4, -0.2) is 40.4 Å². The first-order chi connectivity index (χ1) is 10.0. The van der Waals surface area contributed by atoms with Crippen LogP contribution in [0.2, 0.25) is 5.02 Å². The van der Waals surface area contributed by atoms with Crippen molar-refractivity contribution < 1.29 is 0 Å². The summed E-state index contributed by atoms with van der Waals surface area (Å²) in [6, 6.07) is 0.562. The van der Waals surface area contributed by atoms with E-state index in [0.29, 0.717) is 22.7 Å². The molecule has 1 aliphatic rings. The molecule has 6 heteroatoms. The number of halogens is 1. The summed E-state index contributed by atoms with van der Waals surface area (Å²) in [5.74, 6) is 2.94. The fraction of sp³-hybridized carbons (Fsp3) is 0.600. The lowest BCUT2D eigenvalue weighted by molar-refractivity contribution is 0.266. The molecule has 1 aromatic heterocycles. The molecule has 0 radical (unpaired) electrons. The van der Waals surface area contributed by atoms with Crippen LogP contribution in [0.25, 0.3) is 0 Å². The van der Waals surface area contributed by atoms with E-state index >= 15 is 0 Å². The predicted octanol–water partition coefficient (Wildman–Crippen LogP) is 1.67. The molecule has 114 valence electrons. The molecule has 1 saturated heterocycles. The summed E-state index contributed by atoms with van der Waals surface area (Å²) in [6.45, 7) is 7.44. The summed E-state index contributed by atoms with van der Waals surface area (Å²) in [5.41, 5.74) is 0.129. The number of aromatic nitrogens is 2. The molecule has 0 saturated carbocycles. The largest absolute Gasteiger partial charge is 0.379 e. The van der Waals surface area contributed by atoms with E-state index in [-0.39, 0.29) is 12.1 Å². The van der Waals surface area contributed by atoms with Crippen molar-refractivity contribution in [1.82, 2.24) is 14.7 Å². The van der Waals surface area contributed by atoms with Crippen molar-refractivity contribution in [1.29, 1.82) is 0 Å². The van der Waals surface area contributed by atoms with E-state index < -0.39 is 0 Å². The number of terminal acetylenes is 1. The highest BCUT2D eigenvalue weighted by Gasteiger charge is 2.24. The normalized spacial score (nSPS) is 18.9. The van der Waals surface area contributed by atoms with E-state index in [1.165, 1.54) is 10.9 Å². The van der Waals surface area contributed by atoms with Gasteiger partial charge in [-0.2, -0.15) is 5.10 Å². The summed E-state index contributed by atoms with van der Waals surface area (Å²) in [4.78, 5) is 14.6. The number of rotatable bonds is 5. The molecular formula is C15H21ClN4O. The Kier molecular flexibility index (Phi) is 5.27. The van der Waals surface area contributed by atoms with Gasteiger partial charge in [0.05, 0.1) is 11.2 Å². The molecule has 0 spiro atoms. The Balaban J connectivity index is 2.02. The highest BCUT2D eigenvalue weighted by molar-refractivity contribution is 6.32. The predicted molar refractivity (Wildman–Crippen MR) is 85.6 cm³/mol. The van der Waals surface area contributed by atoms with Crippen LogP contribution in [0.3, 0.4) is 0 Å². The highest BCUT2D eigenvalue weighted by Crippen LogP contribution is 2.20. The Bertz CT molecular complexity index is 590. The Morgan fingerprint density at radius 2 is 2.38 bits per heavy atom. The molecule has 21 heavy (non-hydrogen) atoms. The molecule has 0 amide bonds. The second kappa shape index (κ2) is 6.97. The zero-order valence-corrected chi connectivity index (χ0v) is 13.2. The molecular weight excluding hydrogens is 288 g/mol. The second-order valence-electron chi connectivity index (χ2n) is 5.66. The van der Waals surface area contributed by atoms with E-state index in [4.69, 9.17) is 18.0 Å². The van der Waals surface area contributed by atoms with Gasteiger partial charge >= 0.3 is 0 Å². The summed E-state index contributed by atoms with van der Waals surface area (Å²) in [6.07, 6.45) is 7.81. The maximum Gasteiger partial charge on any atom is 0.292 e. The molecule has 0 aromatic carbocycles. The fourth-order valence-electron chi connectivity index (χ4n) is 2.57. The lowest BCUT2D eigenvalue weighted by atomic mass is 10.1. The lowest BCUT2D eigenvalue weighted by Crippen LogP contribution is -2.30. The van der Waals surface area contributed by atoms with Crippen molar-refractivity contribution in [3.05, 3.63) is 21.6 Å².